The minimum absolute atomic E-state index is 0.163. The molecule has 0 saturated carbocycles. The van der Waals surface area contributed by atoms with Gasteiger partial charge in [-0.15, -0.1) is 0 Å². The van der Waals surface area contributed by atoms with E-state index in [1.807, 2.05) is 7.05 Å². The van der Waals surface area contributed by atoms with Gasteiger partial charge in [-0.3, -0.25) is 4.79 Å². The van der Waals surface area contributed by atoms with Gasteiger partial charge in [-0.25, -0.2) is 5.10 Å². The fourth-order valence-corrected chi connectivity index (χ4v) is 2.02. The van der Waals surface area contributed by atoms with Crippen LogP contribution in [0.3, 0.4) is 0 Å². The molecule has 2 heterocycles. The van der Waals surface area contributed by atoms with Crippen molar-refractivity contribution in [3.63, 3.8) is 0 Å². The zero-order chi connectivity index (χ0) is 11.4. The second-order valence-electron chi connectivity index (χ2n) is 4.27. The third-order valence-corrected chi connectivity index (χ3v) is 2.88. The smallest absolute Gasteiger partial charge is 0.266 e. The first-order valence-corrected chi connectivity index (χ1v) is 5.59. The van der Waals surface area contributed by atoms with Crippen LogP contribution in [0.1, 0.15) is 12.8 Å². The number of ether oxygens (including phenoxy) is 1. The summed E-state index contributed by atoms with van der Waals surface area (Å²) in [6, 6.07) is 1.57. The van der Waals surface area contributed by atoms with Crippen LogP contribution in [0.2, 0.25) is 0 Å². The highest BCUT2D eigenvalue weighted by molar-refractivity contribution is 5.41. The van der Waals surface area contributed by atoms with Gasteiger partial charge in [0.15, 0.2) is 0 Å². The second-order valence-corrected chi connectivity index (χ2v) is 4.27. The van der Waals surface area contributed by atoms with Crippen molar-refractivity contribution in [1.29, 1.82) is 0 Å². The average molecular weight is 223 g/mol. The zero-order valence-corrected chi connectivity index (χ0v) is 9.48. The van der Waals surface area contributed by atoms with Gasteiger partial charge in [0, 0.05) is 26.3 Å². The number of aromatic nitrogens is 2. The van der Waals surface area contributed by atoms with Crippen molar-refractivity contribution in [3.05, 3.63) is 22.6 Å². The molecule has 16 heavy (non-hydrogen) atoms. The van der Waals surface area contributed by atoms with Crippen LogP contribution in [-0.2, 0) is 4.74 Å². The monoisotopic (exact) mass is 223 g/mol. The molecular formula is C11H17N3O2. The molecule has 0 radical (unpaired) electrons. The first kappa shape index (κ1) is 11.1. The quantitative estimate of drug-likeness (QED) is 0.816. The van der Waals surface area contributed by atoms with Gasteiger partial charge < -0.3 is 9.64 Å². The maximum Gasteiger partial charge on any atom is 0.266 e. The first-order chi connectivity index (χ1) is 7.75. The highest BCUT2D eigenvalue weighted by Gasteiger charge is 2.16. The Morgan fingerprint density at radius 1 is 1.69 bits per heavy atom. The number of anilines is 1. The van der Waals surface area contributed by atoms with Crippen LogP contribution in [0.5, 0.6) is 0 Å². The minimum atomic E-state index is -0.163. The van der Waals surface area contributed by atoms with E-state index in [2.05, 4.69) is 15.1 Å². The molecule has 5 heteroatoms. The van der Waals surface area contributed by atoms with Crippen molar-refractivity contribution < 1.29 is 4.74 Å². The third-order valence-electron chi connectivity index (χ3n) is 2.88. The van der Waals surface area contributed by atoms with Crippen molar-refractivity contribution in [2.24, 2.45) is 5.92 Å². The highest BCUT2D eigenvalue weighted by Crippen LogP contribution is 2.17. The number of hydrogen-bond donors (Lipinski definition) is 1. The lowest BCUT2D eigenvalue weighted by Gasteiger charge is -2.27. The summed E-state index contributed by atoms with van der Waals surface area (Å²) >= 11 is 0. The lowest BCUT2D eigenvalue weighted by atomic mass is 10.0. The summed E-state index contributed by atoms with van der Waals surface area (Å²) in [7, 11) is 1.98. The van der Waals surface area contributed by atoms with Gasteiger partial charge in [0.1, 0.15) is 0 Å². The SMILES string of the molecule is CN(CC1CCCOC1)c1cn[nH]c(=O)c1. The Balaban J connectivity index is 1.96. The summed E-state index contributed by atoms with van der Waals surface area (Å²) in [5, 5.41) is 6.16. The standard InChI is InChI=1S/C11H17N3O2/c1-14(7-9-3-2-4-16-8-9)10-5-11(15)13-12-6-10/h5-6,9H,2-4,7-8H2,1H3,(H,13,15). The van der Waals surface area contributed by atoms with Crippen molar-refractivity contribution in [2.45, 2.75) is 12.8 Å². The van der Waals surface area contributed by atoms with Gasteiger partial charge in [0.05, 0.1) is 18.5 Å². The zero-order valence-electron chi connectivity index (χ0n) is 9.48. The van der Waals surface area contributed by atoms with Gasteiger partial charge in [0.25, 0.3) is 5.56 Å². The number of rotatable bonds is 3. The van der Waals surface area contributed by atoms with E-state index < -0.39 is 0 Å². The fourth-order valence-electron chi connectivity index (χ4n) is 2.02. The van der Waals surface area contributed by atoms with Gasteiger partial charge in [-0.05, 0) is 18.8 Å². The molecule has 0 bridgehead atoms. The summed E-state index contributed by atoms with van der Waals surface area (Å²) in [5.74, 6) is 0.554. The van der Waals surface area contributed by atoms with Gasteiger partial charge in [0.2, 0.25) is 0 Å². The Morgan fingerprint density at radius 3 is 3.25 bits per heavy atom. The number of hydrogen-bond acceptors (Lipinski definition) is 4. The first-order valence-electron chi connectivity index (χ1n) is 5.59. The fraction of sp³-hybridized carbons (Fsp3) is 0.636. The van der Waals surface area contributed by atoms with Crippen LogP contribution >= 0.6 is 0 Å². The molecular weight excluding hydrogens is 206 g/mol. The molecule has 1 atom stereocenters. The largest absolute Gasteiger partial charge is 0.381 e. The van der Waals surface area contributed by atoms with Gasteiger partial charge in [-0.2, -0.15) is 5.10 Å². The van der Waals surface area contributed by atoms with Crippen molar-refractivity contribution in [3.8, 4) is 0 Å². The maximum atomic E-state index is 11.1. The molecule has 1 saturated heterocycles. The van der Waals surface area contributed by atoms with E-state index in [0.717, 1.165) is 31.9 Å². The van der Waals surface area contributed by atoms with E-state index in [1.54, 1.807) is 12.3 Å². The van der Waals surface area contributed by atoms with E-state index in [1.165, 1.54) is 6.42 Å². The summed E-state index contributed by atoms with van der Waals surface area (Å²) in [4.78, 5) is 13.2. The molecule has 1 aliphatic heterocycles. The van der Waals surface area contributed by atoms with Gasteiger partial charge in [-0.1, -0.05) is 0 Å². The summed E-state index contributed by atoms with van der Waals surface area (Å²) in [6.07, 6.45) is 4.00. The maximum absolute atomic E-state index is 11.1. The molecule has 1 aliphatic rings. The molecule has 0 aromatic carbocycles. The van der Waals surface area contributed by atoms with Gasteiger partial charge >= 0.3 is 0 Å². The molecule has 2 rings (SSSR count). The molecule has 5 nitrogen and oxygen atoms in total. The van der Waals surface area contributed by atoms with E-state index >= 15 is 0 Å². The Bertz CT molecular complexity index is 385. The van der Waals surface area contributed by atoms with Crippen LogP contribution in [0.25, 0.3) is 0 Å². The van der Waals surface area contributed by atoms with Crippen LogP contribution in [0.15, 0.2) is 17.1 Å². The molecule has 0 aliphatic carbocycles. The molecule has 0 spiro atoms. The topological polar surface area (TPSA) is 58.2 Å². The number of nitrogens with one attached hydrogen (secondary N) is 1. The minimum Gasteiger partial charge on any atom is -0.381 e. The second kappa shape index (κ2) is 5.12. The van der Waals surface area contributed by atoms with Crippen LogP contribution in [0.4, 0.5) is 5.69 Å². The Labute approximate surface area is 94.4 Å². The number of aromatic amines is 1. The average Bonchev–Trinajstić information content (AvgIpc) is 2.30. The van der Waals surface area contributed by atoms with Crippen LogP contribution in [0, 0.1) is 5.92 Å². The highest BCUT2D eigenvalue weighted by atomic mass is 16.5. The normalized spacial score (nSPS) is 20.7. The molecule has 1 N–H and O–H groups in total. The van der Waals surface area contributed by atoms with Crippen LogP contribution in [-0.4, -0.2) is 37.0 Å². The summed E-state index contributed by atoms with van der Waals surface area (Å²) in [5.41, 5.74) is 0.693. The number of nitrogens with zero attached hydrogens (tertiary/aromatic N) is 2. The van der Waals surface area contributed by atoms with Crippen molar-refractivity contribution in [1.82, 2.24) is 10.2 Å². The Kier molecular flexibility index (Phi) is 3.56. The Morgan fingerprint density at radius 2 is 2.56 bits per heavy atom. The number of H-pyrrole nitrogens is 1. The predicted octanol–water partition coefficient (Wildman–Crippen LogP) is 0.633. The van der Waals surface area contributed by atoms with E-state index in [9.17, 15) is 4.79 Å². The van der Waals surface area contributed by atoms with E-state index in [0.29, 0.717) is 5.92 Å². The van der Waals surface area contributed by atoms with Crippen molar-refractivity contribution in [2.75, 3.05) is 31.7 Å². The molecule has 88 valence electrons. The third kappa shape index (κ3) is 2.82. The molecule has 1 fully saturated rings. The van der Waals surface area contributed by atoms with Crippen LogP contribution < -0.4 is 10.5 Å². The lowest BCUT2D eigenvalue weighted by molar-refractivity contribution is 0.0576. The Hall–Kier alpha value is -1.36. The predicted molar refractivity (Wildman–Crippen MR) is 61.7 cm³/mol. The molecule has 1 unspecified atom stereocenters. The molecule has 0 amide bonds. The summed E-state index contributed by atoms with van der Waals surface area (Å²) < 4.78 is 5.43. The van der Waals surface area contributed by atoms with E-state index in [-0.39, 0.29) is 5.56 Å². The van der Waals surface area contributed by atoms with Crippen molar-refractivity contribution >= 4 is 5.69 Å². The molecule has 1 aromatic rings. The summed E-state index contributed by atoms with van der Waals surface area (Å²) in [6.45, 7) is 2.61. The lowest BCUT2D eigenvalue weighted by Crippen LogP contribution is -2.31. The molecule has 1 aromatic heterocycles. The van der Waals surface area contributed by atoms with E-state index in [4.69, 9.17) is 4.74 Å².